The average molecular weight is 462 g/mol. The van der Waals surface area contributed by atoms with Crippen LogP contribution in [0.15, 0.2) is 50.6 Å². The second kappa shape index (κ2) is 9.70. The topological polar surface area (TPSA) is 54.3 Å². The van der Waals surface area contributed by atoms with Gasteiger partial charge in [0, 0.05) is 26.2 Å². The van der Waals surface area contributed by atoms with E-state index in [4.69, 9.17) is 16.3 Å². The molecule has 0 spiro atoms. The largest absolute Gasteiger partial charge is 0.483 e. The molecule has 0 aliphatic rings. The second-order valence-corrected chi connectivity index (χ2v) is 8.97. The van der Waals surface area contributed by atoms with Crippen molar-refractivity contribution in [2.75, 3.05) is 20.1 Å². The van der Waals surface area contributed by atoms with Crippen LogP contribution >= 0.6 is 11.6 Å². The van der Waals surface area contributed by atoms with Gasteiger partial charge in [-0.1, -0.05) is 23.7 Å². The van der Waals surface area contributed by atoms with Crippen LogP contribution < -0.4 is 4.74 Å². The third-order valence-electron chi connectivity index (χ3n) is 4.13. The predicted molar refractivity (Wildman–Crippen MR) is 115 cm³/mol. The van der Waals surface area contributed by atoms with Gasteiger partial charge in [0.05, 0.1) is 21.9 Å². The first-order chi connectivity index (χ1) is 14.0. The molecule has 2 rings (SSSR count). The Bertz CT molecular complexity index is 1050. The molecule has 0 fully saturated rings. The number of rotatable bonds is 7. The van der Waals surface area contributed by atoms with Gasteiger partial charge in [0.1, 0.15) is 11.5 Å². The van der Waals surface area contributed by atoms with Crippen molar-refractivity contribution in [2.45, 2.75) is 31.2 Å². The second-order valence-electron chi connectivity index (χ2n) is 6.35. The molecule has 10 heteroatoms. The average Bonchev–Trinajstić information content (AvgIpc) is 2.68. The Morgan fingerprint density at radius 1 is 1.20 bits per heavy atom. The van der Waals surface area contributed by atoms with E-state index in [1.54, 1.807) is 19.3 Å². The van der Waals surface area contributed by atoms with E-state index in [1.807, 2.05) is 18.9 Å². The van der Waals surface area contributed by atoms with E-state index < -0.39 is 20.1 Å². The summed E-state index contributed by atoms with van der Waals surface area (Å²) < 4.78 is 62.7. The normalized spacial score (nSPS) is 13.9. The van der Waals surface area contributed by atoms with Gasteiger partial charge >= 0.3 is 5.51 Å². The lowest BCUT2D eigenvalue weighted by atomic mass is 10.2. The van der Waals surface area contributed by atoms with Crippen LogP contribution in [0.2, 0.25) is 5.02 Å². The smallest absolute Gasteiger partial charge is 0.456 e. The predicted octanol–water partition coefficient (Wildman–Crippen LogP) is 6.42. The van der Waals surface area contributed by atoms with Crippen LogP contribution in [-0.2, 0) is 9.73 Å². The van der Waals surface area contributed by atoms with Crippen LogP contribution in [0.4, 0.5) is 18.9 Å². The van der Waals surface area contributed by atoms with Gasteiger partial charge in [0.25, 0.3) is 0 Å². The van der Waals surface area contributed by atoms with Crippen molar-refractivity contribution < 1.29 is 22.1 Å². The van der Waals surface area contributed by atoms with Crippen molar-refractivity contribution in [2.24, 2.45) is 9.36 Å². The molecule has 0 saturated carbocycles. The Labute approximate surface area is 179 Å². The maximum absolute atomic E-state index is 13.6. The summed E-state index contributed by atoms with van der Waals surface area (Å²) in [5.41, 5.74) is -3.94. The number of ether oxygens (including phenoxy) is 1. The summed E-state index contributed by atoms with van der Waals surface area (Å²) in [5.74, 6) is 0.0360. The molecule has 0 heterocycles. The number of para-hydroxylation sites is 1. The highest BCUT2D eigenvalue weighted by Crippen LogP contribution is 2.41. The standard InChI is InChI=1S/C20H23ClF3N3O2S/c1-5-26-30(28,20(22,23)24)19-10-8-7-9-17(19)29-18-12-15(21)16(11-14(18)3)25-13-27(4)6-2/h7-13H,5-6H2,1-4H3/b25-13-. The third-order valence-corrected chi connectivity index (χ3v) is 6.61. The zero-order chi connectivity index (χ0) is 22.5. The molecule has 30 heavy (non-hydrogen) atoms. The van der Waals surface area contributed by atoms with Crippen molar-refractivity contribution in [1.29, 1.82) is 0 Å². The van der Waals surface area contributed by atoms with Crippen molar-refractivity contribution in [3.05, 3.63) is 47.0 Å². The summed E-state index contributed by atoms with van der Waals surface area (Å²) in [7, 11) is -2.84. The Morgan fingerprint density at radius 3 is 2.47 bits per heavy atom. The summed E-state index contributed by atoms with van der Waals surface area (Å²) in [6.45, 7) is 5.59. The van der Waals surface area contributed by atoms with Crippen LogP contribution in [0.25, 0.3) is 0 Å². The van der Waals surface area contributed by atoms with E-state index in [-0.39, 0.29) is 23.1 Å². The molecular weight excluding hydrogens is 439 g/mol. The molecule has 0 aliphatic heterocycles. The molecule has 0 aliphatic carbocycles. The van der Waals surface area contributed by atoms with E-state index in [0.29, 0.717) is 11.3 Å². The molecule has 2 aromatic carbocycles. The molecule has 164 valence electrons. The summed E-state index contributed by atoms with van der Waals surface area (Å²) in [5, 5.41) is 0.267. The summed E-state index contributed by atoms with van der Waals surface area (Å²) in [6, 6.07) is 8.43. The van der Waals surface area contributed by atoms with Crippen molar-refractivity contribution in [3.63, 3.8) is 0 Å². The van der Waals surface area contributed by atoms with E-state index in [1.165, 1.54) is 31.2 Å². The van der Waals surface area contributed by atoms with E-state index in [2.05, 4.69) is 9.36 Å². The Morgan fingerprint density at radius 2 is 1.87 bits per heavy atom. The van der Waals surface area contributed by atoms with Gasteiger partial charge in [-0.2, -0.15) is 13.2 Å². The summed E-state index contributed by atoms with van der Waals surface area (Å²) in [6.07, 6.45) is 1.63. The highest BCUT2D eigenvalue weighted by molar-refractivity contribution is 7.94. The molecule has 0 bridgehead atoms. The summed E-state index contributed by atoms with van der Waals surface area (Å²) in [4.78, 5) is 5.63. The van der Waals surface area contributed by atoms with Crippen LogP contribution in [0.1, 0.15) is 19.4 Å². The highest BCUT2D eigenvalue weighted by Gasteiger charge is 2.46. The minimum absolute atomic E-state index is 0.196. The zero-order valence-corrected chi connectivity index (χ0v) is 18.6. The minimum atomic E-state index is -5.04. The molecule has 0 amide bonds. The molecule has 0 N–H and O–H groups in total. The van der Waals surface area contributed by atoms with Gasteiger partial charge < -0.3 is 9.64 Å². The molecule has 2 aromatic rings. The van der Waals surface area contributed by atoms with Crippen LogP contribution in [0.5, 0.6) is 11.5 Å². The first-order valence-corrected chi connectivity index (χ1v) is 11.0. The number of nitrogens with zero attached hydrogens (tertiary/aromatic N) is 3. The van der Waals surface area contributed by atoms with Crippen molar-refractivity contribution >= 4 is 33.4 Å². The quantitative estimate of drug-likeness (QED) is 0.353. The lowest BCUT2D eigenvalue weighted by Crippen LogP contribution is -2.24. The fourth-order valence-corrected chi connectivity index (χ4v) is 4.18. The maximum Gasteiger partial charge on any atom is 0.483 e. The van der Waals surface area contributed by atoms with Crippen LogP contribution in [0.3, 0.4) is 0 Å². The van der Waals surface area contributed by atoms with Crippen LogP contribution in [0, 0.1) is 6.92 Å². The molecule has 0 radical (unpaired) electrons. The number of alkyl halides is 3. The molecule has 5 nitrogen and oxygen atoms in total. The van der Waals surface area contributed by atoms with Gasteiger partial charge in [-0.05, 0) is 44.5 Å². The lowest BCUT2D eigenvalue weighted by molar-refractivity contribution is -0.0404. The lowest BCUT2D eigenvalue weighted by Gasteiger charge is -2.18. The number of hydrogen-bond donors (Lipinski definition) is 0. The van der Waals surface area contributed by atoms with Gasteiger partial charge in [-0.15, -0.1) is 0 Å². The van der Waals surface area contributed by atoms with E-state index in [0.717, 1.165) is 12.6 Å². The van der Waals surface area contributed by atoms with Crippen molar-refractivity contribution in [1.82, 2.24) is 4.90 Å². The number of aliphatic imine (C=N–C) groups is 1. The first kappa shape index (κ1) is 24.0. The minimum Gasteiger partial charge on any atom is -0.456 e. The molecular formula is C20H23ClF3N3O2S. The van der Waals surface area contributed by atoms with Crippen LogP contribution in [-0.4, -0.2) is 41.1 Å². The zero-order valence-electron chi connectivity index (χ0n) is 17.0. The molecule has 1 unspecified atom stereocenters. The number of hydrogen-bond acceptors (Lipinski definition) is 4. The van der Waals surface area contributed by atoms with E-state index in [9.17, 15) is 17.4 Å². The Hall–Kier alpha value is -2.26. The summed E-state index contributed by atoms with van der Waals surface area (Å²) >= 11 is 6.28. The molecule has 1 atom stereocenters. The van der Waals surface area contributed by atoms with Crippen molar-refractivity contribution in [3.8, 4) is 11.5 Å². The van der Waals surface area contributed by atoms with Gasteiger partial charge in [-0.25, -0.2) is 13.6 Å². The number of halogens is 4. The Kier molecular flexibility index (Phi) is 7.76. The van der Waals surface area contributed by atoms with Gasteiger partial charge in [0.15, 0.2) is 9.73 Å². The maximum atomic E-state index is 13.6. The SMILES string of the molecule is CCN=S(=O)(c1ccccc1Oc1cc(Cl)c(/N=C\N(C)CC)cc1C)C(F)(F)F. The van der Waals surface area contributed by atoms with Gasteiger partial charge in [0.2, 0.25) is 0 Å². The Balaban J connectivity index is 2.51. The number of benzene rings is 2. The first-order valence-electron chi connectivity index (χ1n) is 9.14. The van der Waals surface area contributed by atoms with E-state index >= 15 is 0 Å². The fourth-order valence-electron chi connectivity index (χ4n) is 2.43. The van der Waals surface area contributed by atoms with Gasteiger partial charge in [-0.3, -0.25) is 0 Å². The highest BCUT2D eigenvalue weighted by atomic mass is 35.5. The third kappa shape index (κ3) is 5.26. The molecule has 0 aromatic heterocycles. The monoisotopic (exact) mass is 461 g/mol. The fraction of sp³-hybridized carbons (Fsp3) is 0.350. The number of aryl methyl sites for hydroxylation is 1. The molecule has 0 saturated heterocycles.